The Morgan fingerprint density at radius 2 is 1.74 bits per heavy atom. The van der Waals surface area contributed by atoms with Crippen LogP contribution in [0, 0.1) is 30.6 Å². The lowest BCUT2D eigenvalue weighted by Crippen LogP contribution is -2.43. The molecule has 1 aromatic rings. The normalized spacial score (nSPS) is 39.7. The Bertz CT molecular complexity index is 503. The lowest BCUT2D eigenvalue weighted by Gasteiger charge is -2.54. The van der Waals surface area contributed by atoms with E-state index in [9.17, 15) is 9.90 Å². The molecule has 0 aliphatic heterocycles. The Balaban J connectivity index is 1.69. The van der Waals surface area contributed by atoms with E-state index in [1.807, 2.05) is 13.0 Å². The number of aromatic amines is 1. The number of H-pyrrole nitrogens is 1. The second-order valence-electron chi connectivity index (χ2n) is 7.03. The minimum atomic E-state index is -0.802. The highest BCUT2D eigenvalue weighted by atomic mass is 16.4. The van der Waals surface area contributed by atoms with Crippen molar-refractivity contribution in [3.63, 3.8) is 0 Å². The van der Waals surface area contributed by atoms with Crippen LogP contribution >= 0.6 is 0 Å². The number of aromatic nitrogens is 1. The number of hydrogen-bond donors (Lipinski definition) is 2. The van der Waals surface area contributed by atoms with Gasteiger partial charge in [0.1, 0.15) is 0 Å². The number of nitrogens with one attached hydrogen (secondary N) is 1. The van der Waals surface area contributed by atoms with Crippen molar-refractivity contribution < 1.29 is 9.90 Å². The van der Waals surface area contributed by atoms with Gasteiger partial charge in [-0.3, -0.25) is 0 Å². The summed E-state index contributed by atoms with van der Waals surface area (Å²) < 4.78 is 0. The highest BCUT2D eigenvalue weighted by Gasteiger charge is 2.49. The Morgan fingerprint density at radius 1 is 1.16 bits per heavy atom. The molecule has 0 unspecified atom stereocenters. The summed E-state index contributed by atoms with van der Waals surface area (Å²) >= 11 is 0. The molecule has 1 heterocycles. The van der Waals surface area contributed by atoms with E-state index in [0.29, 0.717) is 11.5 Å². The van der Waals surface area contributed by atoms with Gasteiger partial charge >= 0.3 is 5.97 Å². The molecule has 0 saturated heterocycles. The molecule has 4 aliphatic carbocycles. The first-order valence-corrected chi connectivity index (χ1v) is 7.54. The quantitative estimate of drug-likeness (QED) is 0.853. The summed E-state index contributed by atoms with van der Waals surface area (Å²) in [6.07, 6.45) is 6.95. The number of rotatable bonds is 2. The molecule has 4 saturated carbocycles. The zero-order chi connectivity index (χ0) is 13.1. The minimum absolute atomic E-state index is 0.462. The minimum Gasteiger partial charge on any atom is -0.478 e. The van der Waals surface area contributed by atoms with Gasteiger partial charge in [0.15, 0.2) is 0 Å². The van der Waals surface area contributed by atoms with Crippen LogP contribution in [-0.4, -0.2) is 16.1 Å². The van der Waals surface area contributed by atoms with Crippen LogP contribution in [0.5, 0.6) is 0 Å². The fourth-order valence-electron chi connectivity index (χ4n) is 5.42. The van der Waals surface area contributed by atoms with E-state index in [1.165, 1.54) is 37.8 Å². The van der Waals surface area contributed by atoms with Gasteiger partial charge in [-0.1, -0.05) is 0 Å². The number of carboxylic acids is 1. The maximum absolute atomic E-state index is 11.2. The van der Waals surface area contributed by atoms with Crippen LogP contribution in [0.2, 0.25) is 0 Å². The molecule has 4 aliphatic rings. The van der Waals surface area contributed by atoms with E-state index in [-0.39, 0.29) is 0 Å². The molecule has 1 aromatic heterocycles. The molecule has 3 nitrogen and oxygen atoms in total. The Hall–Kier alpha value is -1.25. The maximum Gasteiger partial charge on any atom is 0.337 e. The van der Waals surface area contributed by atoms with E-state index in [0.717, 1.165) is 29.4 Å². The third kappa shape index (κ3) is 1.67. The van der Waals surface area contributed by atoms with Crippen molar-refractivity contribution in [3.8, 4) is 0 Å². The van der Waals surface area contributed by atoms with Gasteiger partial charge in [-0.25, -0.2) is 4.79 Å². The predicted octanol–water partition coefficient (Wildman–Crippen LogP) is 3.56. The van der Waals surface area contributed by atoms with Gasteiger partial charge in [0.25, 0.3) is 0 Å². The Labute approximate surface area is 113 Å². The molecule has 0 aromatic carbocycles. The zero-order valence-corrected chi connectivity index (χ0v) is 11.4. The SMILES string of the molecule is Cc1[nH]c(C2C3CC4CC(C3)CC2C4)cc1C(=O)O. The summed E-state index contributed by atoms with van der Waals surface area (Å²) in [6.45, 7) is 1.88. The predicted molar refractivity (Wildman–Crippen MR) is 72.3 cm³/mol. The molecule has 4 fully saturated rings. The van der Waals surface area contributed by atoms with Crippen molar-refractivity contribution in [2.45, 2.75) is 44.9 Å². The second kappa shape index (κ2) is 3.87. The van der Waals surface area contributed by atoms with Crippen molar-refractivity contribution in [2.24, 2.45) is 23.7 Å². The summed E-state index contributed by atoms with van der Waals surface area (Å²) in [5, 5.41) is 9.21. The van der Waals surface area contributed by atoms with E-state index in [1.54, 1.807) is 0 Å². The maximum atomic E-state index is 11.2. The zero-order valence-electron chi connectivity index (χ0n) is 11.4. The highest BCUT2D eigenvalue weighted by molar-refractivity contribution is 5.89. The first kappa shape index (κ1) is 11.6. The third-order valence-corrected chi connectivity index (χ3v) is 5.85. The van der Waals surface area contributed by atoms with Crippen LogP contribution in [0.15, 0.2) is 6.07 Å². The standard InChI is InChI=1S/C16H21NO2/c1-8-13(16(18)19)7-14(17-8)15-11-3-9-2-10(5-11)6-12(15)4-9/h7,9-12,15,17H,2-6H2,1H3,(H,18,19). The van der Waals surface area contributed by atoms with E-state index >= 15 is 0 Å². The fourth-order valence-corrected chi connectivity index (χ4v) is 5.42. The molecular weight excluding hydrogens is 238 g/mol. The van der Waals surface area contributed by atoms with Crippen LogP contribution in [0.3, 0.4) is 0 Å². The molecule has 0 spiro atoms. The van der Waals surface area contributed by atoms with Gasteiger partial charge < -0.3 is 10.1 Å². The lowest BCUT2D eigenvalue weighted by molar-refractivity contribution is -0.00402. The molecule has 0 amide bonds. The van der Waals surface area contributed by atoms with Crippen LogP contribution in [-0.2, 0) is 0 Å². The van der Waals surface area contributed by atoms with Crippen LogP contribution < -0.4 is 0 Å². The summed E-state index contributed by atoms with van der Waals surface area (Å²) in [6, 6.07) is 1.91. The van der Waals surface area contributed by atoms with Gasteiger partial charge in [0.2, 0.25) is 0 Å². The van der Waals surface area contributed by atoms with Crippen molar-refractivity contribution in [3.05, 3.63) is 23.0 Å². The molecule has 5 rings (SSSR count). The average Bonchev–Trinajstić information content (AvgIpc) is 2.69. The van der Waals surface area contributed by atoms with Crippen LogP contribution in [0.1, 0.15) is 59.8 Å². The molecule has 4 bridgehead atoms. The Kier molecular flexibility index (Phi) is 2.36. The van der Waals surface area contributed by atoms with Gasteiger partial charge in [-0.2, -0.15) is 0 Å². The summed E-state index contributed by atoms with van der Waals surface area (Å²) in [4.78, 5) is 14.6. The van der Waals surface area contributed by atoms with Crippen molar-refractivity contribution in [1.82, 2.24) is 4.98 Å². The lowest BCUT2D eigenvalue weighted by atomic mass is 9.51. The van der Waals surface area contributed by atoms with Gasteiger partial charge in [0, 0.05) is 17.3 Å². The number of aryl methyl sites for hydroxylation is 1. The van der Waals surface area contributed by atoms with Crippen LogP contribution in [0.25, 0.3) is 0 Å². The number of hydrogen-bond acceptors (Lipinski definition) is 1. The smallest absolute Gasteiger partial charge is 0.337 e. The van der Waals surface area contributed by atoms with Crippen LogP contribution in [0.4, 0.5) is 0 Å². The van der Waals surface area contributed by atoms with E-state index in [4.69, 9.17) is 0 Å². The molecule has 0 radical (unpaired) electrons. The molecule has 3 heteroatoms. The number of carbonyl (C=O) groups is 1. The topological polar surface area (TPSA) is 53.1 Å². The Morgan fingerprint density at radius 3 is 2.21 bits per heavy atom. The summed E-state index contributed by atoms with van der Waals surface area (Å²) in [7, 11) is 0. The number of carboxylic acid groups (broad SMARTS) is 1. The molecular formula is C16H21NO2. The van der Waals surface area contributed by atoms with Gasteiger partial charge in [-0.15, -0.1) is 0 Å². The summed E-state index contributed by atoms with van der Waals surface area (Å²) in [5.74, 6) is 3.33. The van der Waals surface area contributed by atoms with Gasteiger partial charge in [-0.05, 0) is 68.8 Å². The van der Waals surface area contributed by atoms with E-state index in [2.05, 4.69) is 4.98 Å². The third-order valence-electron chi connectivity index (χ3n) is 5.85. The molecule has 102 valence electrons. The molecule has 19 heavy (non-hydrogen) atoms. The summed E-state index contributed by atoms with van der Waals surface area (Å²) in [5.41, 5.74) is 2.48. The first-order chi connectivity index (χ1) is 9.11. The number of aromatic carboxylic acids is 1. The average molecular weight is 259 g/mol. The second-order valence-corrected chi connectivity index (χ2v) is 7.03. The largest absolute Gasteiger partial charge is 0.478 e. The fraction of sp³-hybridized carbons (Fsp3) is 0.688. The van der Waals surface area contributed by atoms with E-state index < -0.39 is 5.97 Å². The molecule has 2 N–H and O–H groups in total. The molecule has 0 atom stereocenters. The van der Waals surface area contributed by atoms with Crippen molar-refractivity contribution >= 4 is 5.97 Å². The van der Waals surface area contributed by atoms with Gasteiger partial charge in [0.05, 0.1) is 5.56 Å². The monoisotopic (exact) mass is 259 g/mol. The van der Waals surface area contributed by atoms with Crippen molar-refractivity contribution in [2.75, 3.05) is 0 Å². The van der Waals surface area contributed by atoms with Crippen molar-refractivity contribution in [1.29, 1.82) is 0 Å². The first-order valence-electron chi connectivity index (χ1n) is 7.54. The highest BCUT2D eigenvalue weighted by Crippen LogP contribution is 2.59.